The van der Waals surface area contributed by atoms with Crippen LogP contribution in [0.4, 0.5) is 5.69 Å². The summed E-state index contributed by atoms with van der Waals surface area (Å²) >= 11 is 0. The number of nitrogens with zero attached hydrogens (tertiary/aromatic N) is 3. The van der Waals surface area contributed by atoms with Crippen molar-refractivity contribution in [1.82, 2.24) is 9.55 Å². The number of hydrogen-bond donors (Lipinski definition) is 0. The predicted octanol–water partition coefficient (Wildman–Crippen LogP) is 2.16. The maximum absolute atomic E-state index is 10.4. The summed E-state index contributed by atoms with van der Waals surface area (Å²) in [6, 6.07) is 5.06. The van der Waals surface area contributed by atoms with Gasteiger partial charge in [0.25, 0.3) is 0 Å². The lowest BCUT2D eigenvalue weighted by Crippen LogP contribution is -2.12. The van der Waals surface area contributed by atoms with Gasteiger partial charge in [-0.25, -0.2) is 4.98 Å². The van der Waals surface area contributed by atoms with E-state index in [0.29, 0.717) is 12.3 Å². The molecule has 0 fully saturated rings. The molecule has 2 aromatic rings. The van der Waals surface area contributed by atoms with Crippen molar-refractivity contribution in [3.63, 3.8) is 0 Å². The molecular formula is C10H7N3O2. The van der Waals surface area contributed by atoms with Crippen LogP contribution < -0.4 is 4.74 Å². The van der Waals surface area contributed by atoms with Crippen LogP contribution in [0.3, 0.4) is 0 Å². The van der Waals surface area contributed by atoms with Crippen molar-refractivity contribution >= 4 is 5.69 Å². The van der Waals surface area contributed by atoms with Gasteiger partial charge >= 0.3 is 0 Å². The van der Waals surface area contributed by atoms with Crippen molar-refractivity contribution < 1.29 is 4.74 Å². The van der Waals surface area contributed by atoms with Crippen molar-refractivity contribution in [2.45, 2.75) is 6.61 Å². The third-order valence-corrected chi connectivity index (χ3v) is 2.38. The summed E-state index contributed by atoms with van der Waals surface area (Å²) in [6.45, 7) is 0.452. The van der Waals surface area contributed by atoms with Crippen LogP contribution in [0.15, 0.2) is 35.8 Å². The number of hydrogen-bond acceptors (Lipinski definition) is 4. The van der Waals surface area contributed by atoms with Gasteiger partial charge in [-0.05, 0) is 23.4 Å². The molecule has 5 heteroatoms. The van der Waals surface area contributed by atoms with Crippen LogP contribution in [-0.4, -0.2) is 9.55 Å². The smallest absolute Gasteiger partial charge is 0.151 e. The van der Waals surface area contributed by atoms with Gasteiger partial charge in [0.15, 0.2) is 5.82 Å². The lowest BCUT2D eigenvalue weighted by molar-refractivity contribution is 0.279. The lowest BCUT2D eigenvalue weighted by atomic mass is 10.2. The van der Waals surface area contributed by atoms with E-state index < -0.39 is 0 Å². The normalized spacial score (nSPS) is 12.5. The summed E-state index contributed by atoms with van der Waals surface area (Å²) in [7, 11) is 0. The molecule has 0 N–H and O–H groups in total. The Bertz CT molecular complexity index is 533. The summed E-state index contributed by atoms with van der Waals surface area (Å²) in [5.74, 6) is 1.57. The fourth-order valence-electron chi connectivity index (χ4n) is 1.68. The van der Waals surface area contributed by atoms with Crippen molar-refractivity contribution in [3.8, 4) is 11.4 Å². The zero-order valence-corrected chi connectivity index (χ0v) is 7.75. The fraction of sp³-hybridized carbons (Fsp3) is 0.100. The molecule has 2 heterocycles. The van der Waals surface area contributed by atoms with Crippen molar-refractivity contribution in [1.29, 1.82) is 0 Å². The van der Waals surface area contributed by atoms with Gasteiger partial charge in [-0.1, -0.05) is 0 Å². The molecule has 0 spiro atoms. The van der Waals surface area contributed by atoms with Crippen LogP contribution in [0.25, 0.3) is 5.69 Å². The number of nitroso groups, excluding NO2 is 1. The van der Waals surface area contributed by atoms with Gasteiger partial charge < -0.3 is 4.74 Å². The number of benzene rings is 1. The highest BCUT2D eigenvalue weighted by Crippen LogP contribution is 2.32. The zero-order chi connectivity index (χ0) is 10.3. The summed E-state index contributed by atoms with van der Waals surface area (Å²) in [5, 5.41) is 2.90. The zero-order valence-electron chi connectivity index (χ0n) is 7.75. The number of ether oxygens (including phenoxy) is 1. The lowest BCUT2D eigenvalue weighted by Gasteiger charge is -2.19. The molecule has 0 bridgehead atoms. The van der Waals surface area contributed by atoms with E-state index in [1.807, 2.05) is 10.8 Å². The minimum Gasteiger partial charge on any atom is -0.483 e. The molecule has 1 aromatic carbocycles. The first-order valence-corrected chi connectivity index (χ1v) is 4.51. The number of rotatable bonds is 1. The molecule has 15 heavy (non-hydrogen) atoms. The standard InChI is InChI=1S/C10H7N3O2/c14-12-7-1-2-9-8(5-7)13-4-3-11-10(13)6-15-9/h1-5H,6H2. The summed E-state index contributed by atoms with van der Waals surface area (Å²) in [6.07, 6.45) is 3.54. The molecule has 0 saturated carbocycles. The van der Waals surface area contributed by atoms with Crippen LogP contribution in [-0.2, 0) is 6.61 Å². The number of aromatic nitrogens is 2. The minimum absolute atomic E-state index is 0.388. The second-order valence-electron chi connectivity index (χ2n) is 3.25. The number of fused-ring (bicyclic) bond motifs is 3. The van der Waals surface area contributed by atoms with E-state index in [-0.39, 0.29) is 0 Å². The third kappa shape index (κ3) is 1.13. The van der Waals surface area contributed by atoms with E-state index >= 15 is 0 Å². The molecule has 0 amide bonds. The molecule has 0 atom stereocenters. The highest BCUT2D eigenvalue weighted by molar-refractivity contribution is 5.57. The van der Waals surface area contributed by atoms with E-state index in [0.717, 1.165) is 17.3 Å². The van der Waals surface area contributed by atoms with E-state index in [1.165, 1.54) is 0 Å². The van der Waals surface area contributed by atoms with E-state index in [4.69, 9.17) is 4.74 Å². The molecule has 1 aliphatic heterocycles. The largest absolute Gasteiger partial charge is 0.483 e. The third-order valence-electron chi connectivity index (χ3n) is 2.38. The highest BCUT2D eigenvalue weighted by atomic mass is 16.5. The molecular weight excluding hydrogens is 194 g/mol. The van der Waals surface area contributed by atoms with Gasteiger partial charge in [-0.15, -0.1) is 4.91 Å². The average molecular weight is 201 g/mol. The fourth-order valence-corrected chi connectivity index (χ4v) is 1.68. The van der Waals surface area contributed by atoms with Crippen LogP contribution >= 0.6 is 0 Å². The van der Waals surface area contributed by atoms with E-state index in [1.54, 1.807) is 24.4 Å². The Balaban J connectivity index is 2.25. The van der Waals surface area contributed by atoms with Gasteiger partial charge in [0, 0.05) is 12.4 Å². The molecule has 5 nitrogen and oxygen atoms in total. The van der Waals surface area contributed by atoms with Gasteiger partial charge in [0.1, 0.15) is 18.0 Å². The minimum atomic E-state index is 0.388. The molecule has 0 radical (unpaired) electrons. The summed E-state index contributed by atoms with van der Waals surface area (Å²) < 4.78 is 7.38. The molecule has 0 saturated heterocycles. The second-order valence-corrected chi connectivity index (χ2v) is 3.25. The molecule has 3 rings (SSSR count). The monoisotopic (exact) mass is 201 g/mol. The quantitative estimate of drug-likeness (QED) is 0.664. The van der Waals surface area contributed by atoms with Crippen LogP contribution in [0.1, 0.15) is 5.82 Å². The molecule has 74 valence electrons. The maximum Gasteiger partial charge on any atom is 0.151 e. The Morgan fingerprint density at radius 1 is 1.47 bits per heavy atom. The van der Waals surface area contributed by atoms with E-state index in [9.17, 15) is 4.91 Å². The first kappa shape index (κ1) is 8.16. The molecule has 0 aliphatic carbocycles. The molecule has 0 unspecified atom stereocenters. The summed E-state index contributed by atoms with van der Waals surface area (Å²) in [4.78, 5) is 14.6. The topological polar surface area (TPSA) is 56.5 Å². The van der Waals surface area contributed by atoms with Crippen molar-refractivity contribution in [2.75, 3.05) is 0 Å². The Kier molecular flexibility index (Phi) is 1.58. The Morgan fingerprint density at radius 3 is 3.27 bits per heavy atom. The highest BCUT2D eigenvalue weighted by Gasteiger charge is 2.17. The maximum atomic E-state index is 10.4. The van der Waals surface area contributed by atoms with Crippen molar-refractivity contribution in [2.24, 2.45) is 5.18 Å². The van der Waals surface area contributed by atoms with Gasteiger partial charge in [-0.3, -0.25) is 4.57 Å². The predicted molar refractivity (Wildman–Crippen MR) is 53.4 cm³/mol. The first-order chi connectivity index (χ1) is 7.38. The second kappa shape index (κ2) is 2.91. The van der Waals surface area contributed by atoms with E-state index in [2.05, 4.69) is 10.2 Å². The SMILES string of the molecule is O=Nc1ccc2c(c1)-n1ccnc1CO2. The van der Waals surface area contributed by atoms with Gasteiger partial charge in [-0.2, -0.15) is 0 Å². The van der Waals surface area contributed by atoms with Gasteiger partial charge in [0.2, 0.25) is 0 Å². The number of imidazole rings is 1. The van der Waals surface area contributed by atoms with Crippen molar-refractivity contribution in [3.05, 3.63) is 41.3 Å². The summed E-state index contributed by atoms with van der Waals surface area (Å²) in [5.41, 5.74) is 1.20. The Hall–Kier alpha value is -2.17. The van der Waals surface area contributed by atoms with Crippen LogP contribution in [0.2, 0.25) is 0 Å². The Labute approximate surface area is 85.3 Å². The first-order valence-electron chi connectivity index (χ1n) is 4.51. The molecule has 1 aliphatic rings. The molecule has 1 aromatic heterocycles. The van der Waals surface area contributed by atoms with Crippen LogP contribution in [0, 0.1) is 4.91 Å². The van der Waals surface area contributed by atoms with Crippen LogP contribution in [0.5, 0.6) is 5.75 Å². The van der Waals surface area contributed by atoms with Gasteiger partial charge in [0.05, 0.1) is 5.69 Å². The Morgan fingerprint density at radius 2 is 2.40 bits per heavy atom. The average Bonchev–Trinajstić information content (AvgIpc) is 2.76.